The van der Waals surface area contributed by atoms with E-state index >= 15 is 0 Å². The van der Waals surface area contributed by atoms with E-state index in [1.165, 1.54) is 13.3 Å². The number of methoxy groups -OCH3 is 1. The van der Waals surface area contributed by atoms with Crippen molar-refractivity contribution in [2.75, 3.05) is 13.7 Å². The first-order valence-electron chi connectivity index (χ1n) is 5.95. The van der Waals surface area contributed by atoms with Crippen molar-refractivity contribution < 1.29 is 24.8 Å². The summed E-state index contributed by atoms with van der Waals surface area (Å²) in [6.07, 6.45) is -3.71. The summed E-state index contributed by atoms with van der Waals surface area (Å²) in [5, 5.41) is 28.5. The maximum Gasteiger partial charge on any atom is 0.330 e. The Morgan fingerprint density at radius 1 is 1.40 bits per heavy atom. The third-order valence-electron chi connectivity index (χ3n) is 3.13. The molecule has 0 aromatic carbocycles. The predicted octanol–water partition coefficient (Wildman–Crippen LogP) is -2.71. The second-order valence-corrected chi connectivity index (χ2v) is 4.48. The van der Waals surface area contributed by atoms with Crippen molar-refractivity contribution in [2.45, 2.75) is 31.1 Å². The molecule has 1 aromatic heterocycles. The van der Waals surface area contributed by atoms with Gasteiger partial charge in [0, 0.05) is 13.3 Å². The van der Waals surface area contributed by atoms with Crippen molar-refractivity contribution in [1.82, 2.24) is 9.55 Å². The number of rotatable bonds is 4. The molecular formula is C11H16N2O7. The van der Waals surface area contributed by atoms with Gasteiger partial charge in [-0.15, -0.1) is 0 Å². The Balaban J connectivity index is 2.40. The average Bonchev–Trinajstić information content (AvgIpc) is 2.70. The Morgan fingerprint density at radius 3 is 2.65 bits per heavy atom. The summed E-state index contributed by atoms with van der Waals surface area (Å²) in [6.45, 7) is -0.526. The monoisotopic (exact) mass is 288 g/mol. The molecule has 20 heavy (non-hydrogen) atoms. The SMILES string of the molecule is COCc1cn([C@@H]2O[C@H](CO)C(O)[C@@H]2O)c(=O)[nH]c1=O. The zero-order valence-electron chi connectivity index (χ0n) is 10.7. The first-order valence-corrected chi connectivity index (χ1v) is 5.95. The summed E-state index contributed by atoms with van der Waals surface area (Å²) >= 11 is 0. The highest BCUT2D eigenvalue weighted by Gasteiger charge is 2.43. The van der Waals surface area contributed by atoms with E-state index in [2.05, 4.69) is 4.98 Å². The average molecular weight is 288 g/mol. The number of hydrogen-bond acceptors (Lipinski definition) is 7. The van der Waals surface area contributed by atoms with E-state index < -0.39 is 42.4 Å². The van der Waals surface area contributed by atoms with E-state index in [9.17, 15) is 19.8 Å². The van der Waals surface area contributed by atoms with Gasteiger partial charge < -0.3 is 24.8 Å². The third-order valence-corrected chi connectivity index (χ3v) is 3.13. The molecule has 9 heteroatoms. The number of aliphatic hydroxyl groups is 3. The lowest BCUT2D eigenvalue weighted by molar-refractivity contribution is -0.0552. The summed E-state index contributed by atoms with van der Waals surface area (Å²) in [4.78, 5) is 25.4. The number of aromatic nitrogens is 2. The van der Waals surface area contributed by atoms with Gasteiger partial charge in [0.15, 0.2) is 6.23 Å². The number of ether oxygens (including phenoxy) is 2. The first kappa shape index (κ1) is 14.9. The molecule has 1 aliphatic heterocycles. The lowest BCUT2D eigenvalue weighted by Crippen LogP contribution is -2.39. The molecule has 1 fully saturated rings. The zero-order chi connectivity index (χ0) is 14.9. The number of aliphatic hydroxyl groups excluding tert-OH is 3. The topological polar surface area (TPSA) is 134 Å². The minimum atomic E-state index is -1.40. The first-order chi connectivity index (χ1) is 9.49. The van der Waals surface area contributed by atoms with Crippen LogP contribution >= 0.6 is 0 Å². The summed E-state index contributed by atoms with van der Waals surface area (Å²) in [5.74, 6) is 0. The summed E-state index contributed by atoms with van der Waals surface area (Å²) in [7, 11) is 1.39. The van der Waals surface area contributed by atoms with Gasteiger partial charge in [-0.25, -0.2) is 4.79 Å². The highest BCUT2D eigenvalue weighted by Crippen LogP contribution is 2.27. The standard InChI is InChI=1S/C11H16N2O7/c1-19-4-5-2-13(11(18)12-9(5)17)10-8(16)7(15)6(3-14)20-10/h2,6-8,10,14-16H,3-4H2,1H3,(H,12,17,18)/t6-,7?,8+,10-/m1/s1. The largest absolute Gasteiger partial charge is 0.394 e. The number of nitrogens with zero attached hydrogens (tertiary/aromatic N) is 1. The lowest BCUT2D eigenvalue weighted by Gasteiger charge is -2.17. The molecule has 0 spiro atoms. The molecule has 2 heterocycles. The highest BCUT2D eigenvalue weighted by atomic mass is 16.6. The van der Waals surface area contributed by atoms with E-state index in [0.29, 0.717) is 0 Å². The van der Waals surface area contributed by atoms with Gasteiger partial charge in [0.2, 0.25) is 0 Å². The van der Waals surface area contributed by atoms with Crippen LogP contribution in [0, 0.1) is 0 Å². The number of aromatic amines is 1. The Morgan fingerprint density at radius 2 is 2.10 bits per heavy atom. The molecule has 1 aliphatic rings. The molecule has 0 bridgehead atoms. The molecule has 2 rings (SSSR count). The van der Waals surface area contributed by atoms with Crippen molar-refractivity contribution in [1.29, 1.82) is 0 Å². The van der Waals surface area contributed by atoms with Crippen molar-refractivity contribution >= 4 is 0 Å². The Bertz CT molecular complexity index is 581. The molecular weight excluding hydrogens is 272 g/mol. The second kappa shape index (κ2) is 5.85. The molecule has 0 aliphatic carbocycles. The summed E-state index contributed by atoms with van der Waals surface area (Å²) in [6, 6.07) is 0. The van der Waals surface area contributed by atoms with Crippen LogP contribution in [-0.4, -0.2) is 56.9 Å². The molecule has 4 N–H and O–H groups in total. The maximum absolute atomic E-state index is 11.8. The van der Waals surface area contributed by atoms with Gasteiger partial charge >= 0.3 is 5.69 Å². The zero-order valence-corrected chi connectivity index (χ0v) is 10.7. The Labute approximate surface area is 113 Å². The number of H-pyrrole nitrogens is 1. The summed E-state index contributed by atoms with van der Waals surface area (Å²) < 4.78 is 11.0. The quantitative estimate of drug-likeness (QED) is 0.473. The van der Waals surface area contributed by atoms with Crippen LogP contribution in [0.1, 0.15) is 11.8 Å². The Hall–Kier alpha value is -1.52. The van der Waals surface area contributed by atoms with E-state index in [0.717, 1.165) is 4.57 Å². The van der Waals surface area contributed by atoms with Gasteiger partial charge in [-0.05, 0) is 0 Å². The molecule has 0 amide bonds. The molecule has 9 nitrogen and oxygen atoms in total. The molecule has 0 radical (unpaired) electrons. The summed E-state index contributed by atoms with van der Waals surface area (Å²) in [5.41, 5.74) is -1.21. The fraction of sp³-hybridized carbons (Fsp3) is 0.636. The van der Waals surface area contributed by atoms with Gasteiger partial charge in [0.1, 0.15) is 18.3 Å². The number of nitrogens with one attached hydrogen (secondary N) is 1. The van der Waals surface area contributed by atoms with Crippen LogP contribution in [-0.2, 0) is 16.1 Å². The molecule has 1 saturated heterocycles. The van der Waals surface area contributed by atoms with Gasteiger partial charge in [0.25, 0.3) is 5.56 Å². The fourth-order valence-electron chi connectivity index (χ4n) is 2.08. The van der Waals surface area contributed by atoms with Crippen LogP contribution in [0.2, 0.25) is 0 Å². The Kier molecular flexibility index (Phi) is 4.35. The van der Waals surface area contributed by atoms with Crippen molar-refractivity contribution in [3.8, 4) is 0 Å². The smallest absolute Gasteiger partial charge is 0.330 e. The van der Waals surface area contributed by atoms with Crippen LogP contribution in [0.15, 0.2) is 15.8 Å². The second-order valence-electron chi connectivity index (χ2n) is 4.48. The predicted molar refractivity (Wildman–Crippen MR) is 65.0 cm³/mol. The van der Waals surface area contributed by atoms with Crippen molar-refractivity contribution in [3.05, 3.63) is 32.6 Å². The van der Waals surface area contributed by atoms with E-state index in [-0.39, 0.29) is 12.2 Å². The van der Waals surface area contributed by atoms with Crippen LogP contribution in [0.5, 0.6) is 0 Å². The van der Waals surface area contributed by atoms with E-state index in [1.807, 2.05) is 0 Å². The van der Waals surface area contributed by atoms with Crippen LogP contribution in [0.3, 0.4) is 0 Å². The van der Waals surface area contributed by atoms with Crippen LogP contribution < -0.4 is 11.2 Å². The highest BCUT2D eigenvalue weighted by molar-refractivity contribution is 5.04. The molecule has 4 atom stereocenters. The van der Waals surface area contributed by atoms with E-state index in [4.69, 9.17) is 14.6 Å². The van der Waals surface area contributed by atoms with E-state index in [1.54, 1.807) is 0 Å². The van der Waals surface area contributed by atoms with Crippen molar-refractivity contribution in [2.24, 2.45) is 0 Å². The minimum Gasteiger partial charge on any atom is -0.394 e. The van der Waals surface area contributed by atoms with Gasteiger partial charge in [-0.1, -0.05) is 0 Å². The maximum atomic E-state index is 11.8. The molecule has 112 valence electrons. The molecule has 1 unspecified atom stereocenters. The molecule has 1 aromatic rings. The minimum absolute atomic E-state index is 0.0234. The lowest BCUT2D eigenvalue weighted by atomic mass is 10.1. The number of hydrogen-bond donors (Lipinski definition) is 4. The normalized spacial score (nSPS) is 29.8. The van der Waals surface area contributed by atoms with Gasteiger partial charge in [-0.3, -0.25) is 14.3 Å². The third kappa shape index (κ3) is 2.53. The van der Waals surface area contributed by atoms with Gasteiger partial charge in [0.05, 0.1) is 18.8 Å². The van der Waals surface area contributed by atoms with Gasteiger partial charge in [-0.2, -0.15) is 0 Å². The fourth-order valence-corrected chi connectivity index (χ4v) is 2.08. The van der Waals surface area contributed by atoms with Crippen molar-refractivity contribution in [3.63, 3.8) is 0 Å². The molecule has 0 saturated carbocycles. The van der Waals surface area contributed by atoms with Crippen LogP contribution in [0.25, 0.3) is 0 Å². The van der Waals surface area contributed by atoms with Crippen LogP contribution in [0.4, 0.5) is 0 Å².